The van der Waals surface area contributed by atoms with Crippen LogP contribution in [0.3, 0.4) is 0 Å². The molecule has 20 heavy (non-hydrogen) atoms. The number of ether oxygens (including phenoxy) is 1. The Labute approximate surface area is 130 Å². The van der Waals surface area contributed by atoms with Crippen LogP contribution < -0.4 is 4.72 Å². The predicted molar refractivity (Wildman–Crippen MR) is 88.5 cm³/mol. The van der Waals surface area contributed by atoms with Gasteiger partial charge in [-0.3, -0.25) is 0 Å². The lowest BCUT2D eigenvalue weighted by Crippen LogP contribution is -2.42. The molecule has 0 unspecified atom stereocenters. The van der Waals surface area contributed by atoms with Crippen molar-refractivity contribution in [3.8, 4) is 0 Å². The average Bonchev–Trinajstić information content (AvgIpc) is 2.38. The predicted octanol–water partition coefficient (Wildman–Crippen LogP) is 3.54. The summed E-state index contributed by atoms with van der Waals surface area (Å²) in [5.74, 6) is 1.06. The molecule has 0 amide bonds. The van der Waals surface area contributed by atoms with Crippen LogP contribution in [0.5, 0.6) is 0 Å². The highest BCUT2D eigenvalue weighted by molar-refractivity contribution is 7.99. The Morgan fingerprint density at radius 1 is 1.30 bits per heavy atom. The maximum absolute atomic E-state index is 12.2. The summed E-state index contributed by atoms with van der Waals surface area (Å²) < 4.78 is 20.4. The molecular weight excluding hydrogens is 290 g/mol. The Bertz CT molecular complexity index is 390. The van der Waals surface area contributed by atoms with Crippen molar-refractivity contribution in [1.82, 2.24) is 4.72 Å². The molecule has 1 aromatic rings. The fraction of sp³-hybridized carbons (Fsp3) is 0.600. The van der Waals surface area contributed by atoms with Crippen LogP contribution in [0.2, 0.25) is 0 Å². The molecule has 0 aromatic heterocycles. The number of rotatable bonds is 7. The second-order valence-corrected chi connectivity index (χ2v) is 8.84. The molecule has 0 aliphatic heterocycles. The van der Waals surface area contributed by atoms with Gasteiger partial charge in [0.25, 0.3) is 0 Å². The number of benzene rings is 1. The van der Waals surface area contributed by atoms with Crippen LogP contribution in [0, 0.1) is 0 Å². The molecule has 3 nitrogen and oxygen atoms in total. The molecule has 0 saturated carbocycles. The summed E-state index contributed by atoms with van der Waals surface area (Å²) in [6, 6.07) is 8.31. The standard InChI is InChI=1S/C15H25NO2S2/c1-6-19-13-9-7-12(8-10-13)14(11-18-5)16-20(17)15(2,3)4/h7-10,14,16H,6,11H2,1-5H3/t14-,20+/m0/s1. The summed E-state index contributed by atoms with van der Waals surface area (Å²) in [5.41, 5.74) is 1.10. The minimum absolute atomic E-state index is 0.0549. The summed E-state index contributed by atoms with van der Waals surface area (Å²) >= 11 is 0.702. The Morgan fingerprint density at radius 2 is 1.90 bits per heavy atom. The van der Waals surface area contributed by atoms with Gasteiger partial charge in [0, 0.05) is 23.4 Å². The van der Waals surface area contributed by atoms with Crippen LogP contribution in [0.15, 0.2) is 29.2 Å². The Morgan fingerprint density at radius 3 is 2.35 bits per heavy atom. The maximum atomic E-state index is 12.2. The van der Waals surface area contributed by atoms with Gasteiger partial charge in [0.05, 0.1) is 6.61 Å². The van der Waals surface area contributed by atoms with Gasteiger partial charge >= 0.3 is 0 Å². The highest BCUT2D eigenvalue weighted by Crippen LogP contribution is 2.23. The summed E-state index contributed by atoms with van der Waals surface area (Å²) in [4.78, 5) is 1.25. The fourth-order valence-corrected chi connectivity index (χ4v) is 3.11. The van der Waals surface area contributed by atoms with E-state index in [2.05, 4.69) is 35.9 Å². The van der Waals surface area contributed by atoms with Gasteiger partial charge < -0.3 is 9.29 Å². The number of hydrogen-bond donors (Lipinski definition) is 1. The second kappa shape index (κ2) is 8.29. The van der Waals surface area contributed by atoms with E-state index in [1.165, 1.54) is 4.90 Å². The largest absolute Gasteiger partial charge is 0.598 e. The van der Waals surface area contributed by atoms with Crippen LogP contribution in [0.1, 0.15) is 39.3 Å². The van der Waals surface area contributed by atoms with Crippen molar-refractivity contribution >= 4 is 23.1 Å². The molecule has 0 radical (unpaired) electrons. The Balaban J connectivity index is 2.79. The van der Waals surface area contributed by atoms with Gasteiger partial charge in [0.2, 0.25) is 0 Å². The van der Waals surface area contributed by atoms with Crippen LogP contribution >= 0.6 is 11.8 Å². The molecule has 2 atom stereocenters. The zero-order valence-electron chi connectivity index (χ0n) is 12.9. The molecule has 0 saturated heterocycles. The highest BCUT2D eigenvalue weighted by atomic mass is 32.2. The van der Waals surface area contributed by atoms with E-state index < -0.39 is 11.4 Å². The lowest BCUT2D eigenvalue weighted by atomic mass is 10.1. The molecule has 1 aromatic carbocycles. The van der Waals surface area contributed by atoms with Crippen LogP contribution in [-0.2, 0) is 16.1 Å². The van der Waals surface area contributed by atoms with E-state index in [1.807, 2.05) is 32.5 Å². The van der Waals surface area contributed by atoms with Crippen molar-refractivity contribution in [3.05, 3.63) is 29.8 Å². The first-order chi connectivity index (χ1) is 9.38. The van der Waals surface area contributed by atoms with Gasteiger partial charge in [0.1, 0.15) is 10.8 Å². The zero-order chi connectivity index (χ0) is 15.2. The van der Waals surface area contributed by atoms with Crippen molar-refractivity contribution < 1.29 is 9.29 Å². The van der Waals surface area contributed by atoms with Gasteiger partial charge in [-0.15, -0.1) is 16.5 Å². The van der Waals surface area contributed by atoms with Crippen molar-refractivity contribution in [2.75, 3.05) is 19.5 Å². The normalized spacial score (nSPS) is 15.1. The SMILES string of the molecule is CCSc1ccc([C@H](COC)N[S@+]([O-])C(C)(C)C)cc1. The number of hydrogen-bond acceptors (Lipinski definition) is 4. The molecule has 0 bridgehead atoms. The van der Waals surface area contributed by atoms with Crippen molar-refractivity contribution in [2.45, 2.75) is 43.4 Å². The fourth-order valence-electron chi connectivity index (χ4n) is 1.63. The number of thioether (sulfide) groups is 1. The third kappa shape index (κ3) is 5.66. The van der Waals surface area contributed by atoms with Crippen LogP contribution in [0.4, 0.5) is 0 Å². The molecule has 114 valence electrons. The zero-order valence-corrected chi connectivity index (χ0v) is 14.6. The molecule has 5 heteroatoms. The lowest BCUT2D eigenvalue weighted by Gasteiger charge is -2.28. The quantitative estimate of drug-likeness (QED) is 0.617. The molecule has 0 spiro atoms. The number of nitrogens with one attached hydrogen (secondary N) is 1. The molecule has 0 aliphatic carbocycles. The lowest BCUT2D eigenvalue weighted by molar-refractivity contribution is 0.175. The van der Waals surface area contributed by atoms with E-state index in [0.717, 1.165) is 11.3 Å². The first kappa shape index (κ1) is 17.9. The third-order valence-electron chi connectivity index (χ3n) is 2.73. The van der Waals surface area contributed by atoms with Gasteiger partial charge in [-0.2, -0.15) is 0 Å². The van der Waals surface area contributed by atoms with Crippen molar-refractivity contribution in [1.29, 1.82) is 0 Å². The molecule has 1 rings (SSSR count). The maximum Gasteiger partial charge on any atom is 0.136 e. The molecule has 0 fully saturated rings. The molecular formula is C15H25NO2S2. The van der Waals surface area contributed by atoms with Crippen molar-refractivity contribution in [2.24, 2.45) is 0 Å². The van der Waals surface area contributed by atoms with Gasteiger partial charge in [-0.1, -0.05) is 19.1 Å². The van der Waals surface area contributed by atoms with E-state index in [0.29, 0.717) is 6.61 Å². The van der Waals surface area contributed by atoms with Gasteiger partial charge in [0.15, 0.2) is 0 Å². The second-order valence-electron chi connectivity index (χ2n) is 5.51. The minimum atomic E-state index is -1.11. The summed E-state index contributed by atoms with van der Waals surface area (Å²) in [5, 5.41) is 0. The van der Waals surface area contributed by atoms with Crippen molar-refractivity contribution in [3.63, 3.8) is 0 Å². The smallest absolute Gasteiger partial charge is 0.136 e. The van der Waals surface area contributed by atoms with Crippen LogP contribution in [-0.4, -0.2) is 28.8 Å². The Kier molecular flexibility index (Phi) is 7.40. The van der Waals surface area contributed by atoms with E-state index in [1.54, 1.807) is 7.11 Å². The molecule has 0 aliphatic rings. The highest BCUT2D eigenvalue weighted by Gasteiger charge is 2.29. The van der Waals surface area contributed by atoms with Crippen LogP contribution in [0.25, 0.3) is 0 Å². The third-order valence-corrected chi connectivity index (χ3v) is 5.24. The first-order valence-corrected chi connectivity index (χ1v) is 8.91. The van der Waals surface area contributed by atoms with E-state index in [-0.39, 0.29) is 10.8 Å². The minimum Gasteiger partial charge on any atom is -0.598 e. The summed E-state index contributed by atoms with van der Waals surface area (Å²) in [6.45, 7) is 8.52. The van der Waals surface area contributed by atoms with Gasteiger partial charge in [-0.25, -0.2) is 0 Å². The average molecular weight is 316 g/mol. The first-order valence-electron chi connectivity index (χ1n) is 6.78. The van der Waals surface area contributed by atoms with Gasteiger partial charge in [-0.05, 0) is 44.2 Å². The molecule has 1 N–H and O–H groups in total. The van der Waals surface area contributed by atoms with E-state index in [9.17, 15) is 4.55 Å². The van der Waals surface area contributed by atoms with E-state index >= 15 is 0 Å². The summed E-state index contributed by atoms with van der Waals surface area (Å²) in [6.07, 6.45) is 0. The monoisotopic (exact) mass is 315 g/mol. The topological polar surface area (TPSA) is 44.3 Å². The van der Waals surface area contributed by atoms with E-state index in [4.69, 9.17) is 4.74 Å². The number of methoxy groups -OCH3 is 1. The Hall–Kier alpha value is -0.200. The molecule has 0 heterocycles. The summed E-state index contributed by atoms with van der Waals surface area (Å²) in [7, 11) is 1.66.